The van der Waals surface area contributed by atoms with Crippen LogP contribution in [0.5, 0.6) is 0 Å². The highest BCUT2D eigenvalue weighted by molar-refractivity contribution is 6.30. The largest absolute Gasteiger partial charge is 0.368 e. The molecule has 0 atom stereocenters. The Kier molecular flexibility index (Phi) is 6.83. The third-order valence-corrected chi connectivity index (χ3v) is 7.09. The first-order chi connectivity index (χ1) is 14.9. The van der Waals surface area contributed by atoms with Crippen molar-refractivity contribution in [3.63, 3.8) is 0 Å². The molecule has 2 aromatic carbocycles. The number of carbonyl (C=O) groups excluding carboxylic acids is 1. The Labute approximate surface area is 189 Å². The van der Waals surface area contributed by atoms with Crippen molar-refractivity contribution in [2.75, 3.05) is 44.2 Å². The molecule has 0 saturated carbocycles. The number of benzene rings is 2. The van der Waals surface area contributed by atoms with Crippen molar-refractivity contribution in [2.45, 2.75) is 33.2 Å². The SMILES string of the molecule is Cc1cccc(N2CCN(C(=O)C3CCN(Cc4ccc(Cl)cc4F)CC3)CC2)c1C. The van der Waals surface area contributed by atoms with Gasteiger partial charge >= 0.3 is 0 Å². The van der Waals surface area contributed by atoms with E-state index in [1.54, 1.807) is 12.1 Å². The quantitative estimate of drug-likeness (QED) is 0.687. The van der Waals surface area contributed by atoms with E-state index in [2.05, 4.69) is 41.8 Å². The number of aryl methyl sites for hydroxylation is 1. The van der Waals surface area contributed by atoms with Crippen molar-refractivity contribution in [3.05, 3.63) is 63.9 Å². The number of hydrogen-bond acceptors (Lipinski definition) is 3. The molecule has 0 bridgehead atoms. The Morgan fingerprint density at radius 2 is 1.74 bits per heavy atom. The summed E-state index contributed by atoms with van der Waals surface area (Å²) in [5.41, 5.74) is 4.58. The summed E-state index contributed by atoms with van der Waals surface area (Å²) < 4.78 is 14.1. The Morgan fingerprint density at radius 3 is 2.42 bits per heavy atom. The molecule has 2 heterocycles. The number of amides is 1. The number of halogens is 2. The van der Waals surface area contributed by atoms with Crippen LogP contribution in [0.25, 0.3) is 0 Å². The number of rotatable bonds is 4. The molecular weight excluding hydrogens is 413 g/mol. The van der Waals surface area contributed by atoms with Crippen molar-refractivity contribution in [2.24, 2.45) is 5.92 Å². The molecule has 2 aromatic rings. The Bertz CT molecular complexity index is 934. The summed E-state index contributed by atoms with van der Waals surface area (Å²) in [7, 11) is 0. The molecule has 0 aliphatic carbocycles. The average Bonchev–Trinajstić information content (AvgIpc) is 2.78. The molecule has 2 fully saturated rings. The summed E-state index contributed by atoms with van der Waals surface area (Å²) in [4.78, 5) is 19.8. The lowest BCUT2D eigenvalue weighted by Crippen LogP contribution is -2.51. The molecule has 0 N–H and O–H groups in total. The van der Waals surface area contributed by atoms with E-state index in [0.717, 1.165) is 52.1 Å². The normalized spacial score (nSPS) is 18.5. The molecular formula is C25H31ClFN3O. The van der Waals surface area contributed by atoms with Crippen LogP contribution < -0.4 is 4.90 Å². The van der Waals surface area contributed by atoms with E-state index < -0.39 is 0 Å². The van der Waals surface area contributed by atoms with Crippen LogP contribution in [-0.2, 0) is 11.3 Å². The van der Waals surface area contributed by atoms with Crippen LogP contribution in [0.2, 0.25) is 5.02 Å². The molecule has 6 heteroatoms. The van der Waals surface area contributed by atoms with Gasteiger partial charge in [-0.3, -0.25) is 9.69 Å². The minimum Gasteiger partial charge on any atom is -0.368 e. The average molecular weight is 444 g/mol. The van der Waals surface area contributed by atoms with Crippen LogP contribution in [0.1, 0.15) is 29.5 Å². The summed E-state index contributed by atoms with van der Waals surface area (Å²) in [5.74, 6) is 0.115. The number of nitrogens with zero attached hydrogens (tertiary/aromatic N) is 3. The van der Waals surface area contributed by atoms with Gasteiger partial charge in [-0.25, -0.2) is 4.39 Å². The van der Waals surface area contributed by atoms with E-state index in [9.17, 15) is 9.18 Å². The van der Waals surface area contributed by atoms with E-state index in [1.807, 2.05) is 4.90 Å². The van der Waals surface area contributed by atoms with Crippen molar-refractivity contribution in [3.8, 4) is 0 Å². The molecule has 0 radical (unpaired) electrons. The molecule has 2 saturated heterocycles. The number of likely N-dealkylation sites (tertiary alicyclic amines) is 1. The minimum atomic E-state index is -0.257. The summed E-state index contributed by atoms with van der Waals surface area (Å²) in [5, 5.41) is 0.420. The van der Waals surface area contributed by atoms with Crippen LogP contribution in [0, 0.1) is 25.6 Å². The zero-order valence-electron chi connectivity index (χ0n) is 18.4. The molecule has 166 valence electrons. The highest BCUT2D eigenvalue weighted by Gasteiger charge is 2.31. The predicted molar refractivity (Wildman–Crippen MR) is 124 cm³/mol. The van der Waals surface area contributed by atoms with E-state index in [0.29, 0.717) is 17.1 Å². The van der Waals surface area contributed by atoms with Gasteiger partial charge in [-0.2, -0.15) is 0 Å². The highest BCUT2D eigenvalue weighted by Crippen LogP contribution is 2.26. The third-order valence-electron chi connectivity index (χ3n) is 6.85. The smallest absolute Gasteiger partial charge is 0.225 e. The van der Waals surface area contributed by atoms with Gasteiger partial charge in [-0.1, -0.05) is 29.8 Å². The van der Waals surface area contributed by atoms with Gasteiger partial charge in [0.05, 0.1) is 0 Å². The van der Waals surface area contributed by atoms with Gasteiger partial charge in [0, 0.05) is 54.9 Å². The second kappa shape index (κ2) is 9.58. The molecule has 2 aliphatic heterocycles. The van der Waals surface area contributed by atoms with Gasteiger partial charge in [-0.15, -0.1) is 0 Å². The first kappa shape index (κ1) is 22.1. The van der Waals surface area contributed by atoms with Crippen LogP contribution in [0.3, 0.4) is 0 Å². The van der Waals surface area contributed by atoms with E-state index >= 15 is 0 Å². The fourth-order valence-electron chi connectivity index (χ4n) is 4.73. The molecule has 4 rings (SSSR count). The number of hydrogen-bond donors (Lipinski definition) is 0. The molecule has 2 aliphatic rings. The number of piperazine rings is 1. The molecule has 1 amide bonds. The van der Waals surface area contributed by atoms with Gasteiger partial charge in [-0.05, 0) is 69.1 Å². The van der Waals surface area contributed by atoms with Gasteiger partial charge in [0.1, 0.15) is 5.82 Å². The van der Waals surface area contributed by atoms with E-state index in [4.69, 9.17) is 11.6 Å². The van der Waals surface area contributed by atoms with Crippen molar-refractivity contribution >= 4 is 23.2 Å². The second-order valence-electron chi connectivity index (χ2n) is 8.82. The maximum absolute atomic E-state index is 14.1. The van der Waals surface area contributed by atoms with Crippen molar-refractivity contribution in [1.29, 1.82) is 0 Å². The molecule has 31 heavy (non-hydrogen) atoms. The first-order valence-corrected chi connectivity index (χ1v) is 11.6. The monoisotopic (exact) mass is 443 g/mol. The summed E-state index contributed by atoms with van der Waals surface area (Å²) in [6, 6.07) is 11.3. The van der Waals surface area contributed by atoms with Gasteiger partial charge in [0.2, 0.25) is 5.91 Å². The molecule has 0 aromatic heterocycles. The highest BCUT2D eigenvalue weighted by atomic mass is 35.5. The summed E-state index contributed by atoms with van der Waals surface area (Å²) in [6.07, 6.45) is 1.68. The Balaban J connectivity index is 1.27. The van der Waals surface area contributed by atoms with Gasteiger partial charge < -0.3 is 9.80 Å². The van der Waals surface area contributed by atoms with Gasteiger partial charge in [0.25, 0.3) is 0 Å². The van der Waals surface area contributed by atoms with E-state index in [1.165, 1.54) is 22.9 Å². The molecule has 4 nitrogen and oxygen atoms in total. The number of carbonyl (C=O) groups is 1. The standard InChI is InChI=1S/C25H31ClFN3O/c1-18-4-3-5-24(19(18)2)29-12-14-30(15-13-29)25(31)20-8-10-28(11-9-20)17-21-6-7-22(26)16-23(21)27/h3-7,16,20H,8-15,17H2,1-2H3. The molecule has 0 unspecified atom stereocenters. The van der Waals surface area contributed by atoms with Crippen LogP contribution in [-0.4, -0.2) is 55.0 Å². The third kappa shape index (κ3) is 5.04. The van der Waals surface area contributed by atoms with Crippen LogP contribution >= 0.6 is 11.6 Å². The van der Waals surface area contributed by atoms with Crippen molar-refractivity contribution < 1.29 is 9.18 Å². The van der Waals surface area contributed by atoms with Crippen LogP contribution in [0.15, 0.2) is 36.4 Å². The lowest BCUT2D eigenvalue weighted by atomic mass is 9.94. The maximum atomic E-state index is 14.1. The fourth-order valence-corrected chi connectivity index (χ4v) is 4.89. The summed E-state index contributed by atoms with van der Waals surface area (Å²) >= 11 is 5.85. The summed E-state index contributed by atoms with van der Waals surface area (Å²) in [6.45, 7) is 9.85. The topological polar surface area (TPSA) is 26.8 Å². The van der Waals surface area contributed by atoms with Crippen molar-refractivity contribution in [1.82, 2.24) is 9.80 Å². The minimum absolute atomic E-state index is 0.0820. The predicted octanol–water partition coefficient (Wildman–Crippen LogP) is 4.66. The van der Waals surface area contributed by atoms with Crippen LogP contribution in [0.4, 0.5) is 10.1 Å². The zero-order chi connectivity index (χ0) is 22.0. The lowest BCUT2D eigenvalue weighted by Gasteiger charge is -2.40. The first-order valence-electron chi connectivity index (χ1n) is 11.2. The van der Waals surface area contributed by atoms with E-state index in [-0.39, 0.29) is 17.6 Å². The number of piperidine rings is 1. The zero-order valence-corrected chi connectivity index (χ0v) is 19.2. The maximum Gasteiger partial charge on any atom is 0.225 e. The van der Waals surface area contributed by atoms with Gasteiger partial charge in [0.15, 0.2) is 0 Å². The number of anilines is 1. The Hall–Kier alpha value is -2.11. The lowest BCUT2D eigenvalue weighted by molar-refractivity contribution is -0.137. The molecule has 0 spiro atoms. The fraction of sp³-hybridized carbons (Fsp3) is 0.480. The Morgan fingerprint density at radius 1 is 1.03 bits per heavy atom. The second-order valence-corrected chi connectivity index (χ2v) is 9.25.